The number of nitrogens with one attached hydrogen (secondary N) is 1. The molecule has 1 saturated carbocycles. The maximum Gasteiger partial charge on any atom is 0.282 e. The van der Waals surface area contributed by atoms with E-state index >= 15 is 0 Å². The molecule has 5 rings (SSSR count). The van der Waals surface area contributed by atoms with E-state index in [0.717, 1.165) is 35.7 Å². The lowest BCUT2D eigenvalue weighted by Crippen LogP contribution is -2.25. The molecule has 7 nitrogen and oxygen atoms in total. The number of amides is 1. The second-order valence-electron chi connectivity index (χ2n) is 9.24. The van der Waals surface area contributed by atoms with Gasteiger partial charge < -0.3 is 10.1 Å². The molecule has 0 unspecified atom stereocenters. The molecule has 0 atom stereocenters. The number of benzene rings is 3. The van der Waals surface area contributed by atoms with Crippen LogP contribution < -0.4 is 15.6 Å². The van der Waals surface area contributed by atoms with Crippen molar-refractivity contribution in [1.82, 2.24) is 9.66 Å². The average Bonchev–Trinajstić information content (AvgIpc) is 2.93. The number of anilines is 1. The number of rotatable bonds is 7. The summed E-state index contributed by atoms with van der Waals surface area (Å²) in [5.41, 5.74) is 1.85. The number of hydrogen-bond acceptors (Lipinski definition) is 5. The summed E-state index contributed by atoms with van der Waals surface area (Å²) < 4.78 is 7.94. The van der Waals surface area contributed by atoms with Gasteiger partial charge in [0.1, 0.15) is 11.6 Å². The van der Waals surface area contributed by atoms with E-state index in [2.05, 4.69) is 26.3 Å². The second kappa shape index (κ2) is 11.9. The van der Waals surface area contributed by atoms with Crippen LogP contribution in [0.1, 0.15) is 49.4 Å². The fraction of sp³-hybridized carbons (Fsp3) is 0.241. The molecule has 1 aliphatic carbocycles. The molecule has 0 bridgehead atoms. The van der Waals surface area contributed by atoms with Crippen molar-refractivity contribution in [1.29, 1.82) is 0 Å². The zero-order chi connectivity index (χ0) is 26.5. The molecule has 0 radical (unpaired) electrons. The van der Waals surface area contributed by atoms with Gasteiger partial charge in [-0.15, -0.1) is 0 Å². The van der Waals surface area contributed by atoms with E-state index < -0.39 is 0 Å². The van der Waals surface area contributed by atoms with Gasteiger partial charge in [0.25, 0.3) is 11.5 Å². The number of ether oxygens (including phenoxy) is 1. The van der Waals surface area contributed by atoms with E-state index in [0.29, 0.717) is 33.2 Å². The molecular formula is C29H26BrClN4O3. The highest BCUT2D eigenvalue weighted by atomic mass is 79.9. The summed E-state index contributed by atoms with van der Waals surface area (Å²) in [7, 11) is 0. The summed E-state index contributed by atoms with van der Waals surface area (Å²) in [5.74, 6) is 1.12. The molecule has 1 aromatic heterocycles. The first-order valence-corrected chi connectivity index (χ1v) is 13.7. The maximum absolute atomic E-state index is 13.5. The van der Waals surface area contributed by atoms with Crippen LogP contribution in [0.5, 0.6) is 5.75 Å². The van der Waals surface area contributed by atoms with Gasteiger partial charge in [-0.2, -0.15) is 9.78 Å². The molecule has 0 aliphatic heterocycles. The predicted octanol–water partition coefficient (Wildman–Crippen LogP) is 6.76. The van der Waals surface area contributed by atoms with E-state index in [1.807, 2.05) is 24.3 Å². The van der Waals surface area contributed by atoms with E-state index in [1.54, 1.807) is 48.7 Å². The molecule has 9 heteroatoms. The van der Waals surface area contributed by atoms with Crippen LogP contribution in [0.15, 0.2) is 81.1 Å². The summed E-state index contributed by atoms with van der Waals surface area (Å²) in [6.45, 7) is -0.155. The highest BCUT2D eigenvalue weighted by Crippen LogP contribution is 2.32. The Labute approximate surface area is 233 Å². The normalized spacial score (nSPS) is 14.2. The van der Waals surface area contributed by atoms with Crippen LogP contribution >= 0.6 is 27.5 Å². The second-order valence-corrected chi connectivity index (χ2v) is 10.6. The van der Waals surface area contributed by atoms with Gasteiger partial charge in [0, 0.05) is 21.1 Å². The monoisotopic (exact) mass is 592 g/mol. The highest BCUT2D eigenvalue weighted by molar-refractivity contribution is 9.10. The number of carbonyl (C=O) groups is 1. The molecule has 1 N–H and O–H groups in total. The molecular weight excluding hydrogens is 568 g/mol. The Morgan fingerprint density at radius 1 is 1.11 bits per heavy atom. The van der Waals surface area contributed by atoms with Gasteiger partial charge in [0.15, 0.2) is 6.61 Å². The zero-order valence-corrected chi connectivity index (χ0v) is 22.9. The number of fused-ring (bicyclic) bond motifs is 1. The maximum atomic E-state index is 13.5. The summed E-state index contributed by atoms with van der Waals surface area (Å²) >= 11 is 9.34. The third-order valence-corrected chi connectivity index (χ3v) is 7.23. The van der Waals surface area contributed by atoms with Crippen molar-refractivity contribution >= 4 is 56.2 Å². The average molecular weight is 594 g/mol. The van der Waals surface area contributed by atoms with E-state index in [1.165, 1.54) is 11.1 Å². The van der Waals surface area contributed by atoms with Gasteiger partial charge in [-0.25, -0.2) is 4.98 Å². The minimum absolute atomic E-state index is 0.155. The predicted molar refractivity (Wildman–Crippen MR) is 155 cm³/mol. The van der Waals surface area contributed by atoms with Gasteiger partial charge in [0.2, 0.25) is 0 Å². The first kappa shape index (κ1) is 26.1. The fourth-order valence-corrected chi connectivity index (χ4v) is 5.08. The van der Waals surface area contributed by atoms with Gasteiger partial charge in [-0.1, -0.05) is 58.9 Å². The Balaban J connectivity index is 1.36. The molecule has 1 amide bonds. The standard InChI is InChI=1S/C29H26BrClN4O3/c30-21-9-14-26-25(16-21)29(37)35(28(34-26)20-6-2-1-3-7-20)32-17-19-5-4-8-24(15-19)38-18-27(36)33-23-12-10-22(31)11-13-23/h4-5,8-17,20H,1-3,6-7,18H2,(H,33,36). The number of nitrogens with zero attached hydrogens (tertiary/aromatic N) is 3. The van der Waals surface area contributed by atoms with Crippen LogP contribution in [-0.4, -0.2) is 28.4 Å². The van der Waals surface area contributed by atoms with Crippen LogP contribution in [-0.2, 0) is 4.79 Å². The summed E-state index contributed by atoms with van der Waals surface area (Å²) in [6.07, 6.45) is 7.05. The number of carbonyl (C=O) groups excluding carboxylic acids is 1. The molecule has 1 heterocycles. The van der Waals surface area contributed by atoms with E-state index in [9.17, 15) is 9.59 Å². The third-order valence-electron chi connectivity index (χ3n) is 6.48. The molecule has 1 aliphatic rings. The Kier molecular flexibility index (Phi) is 8.20. The quantitative estimate of drug-likeness (QED) is 0.240. The van der Waals surface area contributed by atoms with Crippen molar-refractivity contribution in [2.24, 2.45) is 5.10 Å². The van der Waals surface area contributed by atoms with Crippen molar-refractivity contribution in [3.63, 3.8) is 0 Å². The van der Waals surface area contributed by atoms with Crippen LogP contribution in [0, 0.1) is 0 Å². The van der Waals surface area contributed by atoms with Gasteiger partial charge in [0.05, 0.1) is 17.1 Å². The summed E-state index contributed by atoms with van der Waals surface area (Å²) in [5, 5.41) is 8.46. The lowest BCUT2D eigenvalue weighted by Gasteiger charge is -2.22. The van der Waals surface area contributed by atoms with E-state index in [-0.39, 0.29) is 24.0 Å². The minimum atomic E-state index is -0.288. The van der Waals surface area contributed by atoms with Crippen molar-refractivity contribution in [2.75, 3.05) is 11.9 Å². The molecule has 3 aromatic carbocycles. The molecule has 0 saturated heterocycles. The summed E-state index contributed by atoms with van der Waals surface area (Å²) in [6, 6.07) is 19.6. The smallest absolute Gasteiger partial charge is 0.282 e. The highest BCUT2D eigenvalue weighted by Gasteiger charge is 2.22. The van der Waals surface area contributed by atoms with Crippen molar-refractivity contribution in [3.05, 3.63) is 98.0 Å². The fourth-order valence-electron chi connectivity index (χ4n) is 4.59. The van der Waals surface area contributed by atoms with Crippen LogP contribution in [0.4, 0.5) is 5.69 Å². The number of aromatic nitrogens is 2. The first-order chi connectivity index (χ1) is 18.5. The Morgan fingerprint density at radius 2 is 1.89 bits per heavy atom. The van der Waals surface area contributed by atoms with Crippen molar-refractivity contribution in [2.45, 2.75) is 38.0 Å². The van der Waals surface area contributed by atoms with Gasteiger partial charge >= 0.3 is 0 Å². The van der Waals surface area contributed by atoms with Crippen molar-refractivity contribution in [3.8, 4) is 5.75 Å². The molecule has 4 aromatic rings. The number of halogens is 2. The topological polar surface area (TPSA) is 85.6 Å². The van der Waals surface area contributed by atoms with E-state index in [4.69, 9.17) is 21.3 Å². The van der Waals surface area contributed by atoms with Crippen LogP contribution in [0.25, 0.3) is 10.9 Å². The Hall–Kier alpha value is -3.49. The van der Waals surface area contributed by atoms with Gasteiger partial charge in [-0.05, 0) is 73.0 Å². The Morgan fingerprint density at radius 3 is 2.68 bits per heavy atom. The Bertz CT molecular complexity index is 1550. The molecule has 1 fully saturated rings. The first-order valence-electron chi connectivity index (χ1n) is 12.5. The van der Waals surface area contributed by atoms with Crippen LogP contribution in [0.2, 0.25) is 5.02 Å². The SMILES string of the molecule is O=C(COc1cccc(C=Nn2c(C3CCCCC3)nc3ccc(Br)cc3c2=O)c1)Nc1ccc(Cl)cc1. The molecule has 194 valence electrons. The van der Waals surface area contributed by atoms with Crippen LogP contribution in [0.3, 0.4) is 0 Å². The molecule has 38 heavy (non-hydrogen) atoms. The third kappa shape index (κ3) is 6.31. The lowest BCUT2D eigenvalue weighted by atomic mass is 9.88. The minimum Gasteiger partial charge on any atom is -0.484 e. The van der Waals surface area contributed by atoms with Gasteiger partial charge in [-0.3, -0.25) is 9.59 Å². The van der Waals surface area contributed by atoms with Crippen molar-refractivity contribution < 1.29 is 9.53 Å². The summed E-state index contributed by atoms with van der Waals surface area (Å²) in [4.78, 5) is 30.6. The largest absolute Gasteiger partial charge is 0.484 e. The molecule has 0 spiro atoms. The number of hydrogen-bond donors (Lipinski definition) is 1. The zero-order valence-electron chi connectivity index (χ0n) is 20.6. The lowest BCUT2D eigenvalue weighted by molar-refractivity contribution is -0.118.